The Morgan fingerprint density at radius 1 is 1.12 bits per heavy atom. The van der Waals surface area contributed by atoms with E-state index in [4.69, 9.17) is 0 Å². The van der Waals surface area contributed by atoms with Crippen LogP contribution in [0.25, 0.3) is 0 Å². The molecule has 2 nitrogen and oxygen atoms in total. The van der Waals surface area contributed by atoms with Gasteiger partial charge in [-0.05, 0) is 35.9 Å². The minimum Gasteiger partial charge on any atom is -0.322 e. The molecule has 0 spiro atoms. The highest BCUT2D eigenvalue weighted by Gasteiger charge is 2.34. The molecule has 0 radical (unpaired) electrons. The number of carbonyl (C=O) groups is 1. The molecule has 126 valence electrons. The van der Waals surface area contributed by atoms with E-state index in [1.54, 1.807) is 12.1 Å². The fraction of sp³-hybridized carbons (Fsp3) is 0.235. The Morgan fingerprint density at radius 3 is 2.50 bits per heavy atom. The second kappa shape index (κ2) is 6.47. The van der Waals surface area contributed by atoms with Crippen LogP contribution in [0.3, 0.4) is 0 Å². The van der Waals surface area contributed by atoms with Crippen LogP contribution >= 0.6 is 11.8 Å². The van der Waals surface area contributed by atoms with E-state index in [2.05, 4.69) is 0 Å². The van der Waals surface area contributed by atoms with Crippen molar-refractivity contribution in [3.8, 4) is 0 Å². The van der Waals surface area contributed by atoms with Gasteiger partial charge in [0.15, 0.2) is 0 Å². The molecule has 0 bridgehead atoms. The lowest BCUT2D eigenvalue weighted by atomic mass is 10.1. The zero-order valence-electron chi connectivity index (χ0n) is 12.4. The third-order valence-electron chi connectivity index (χ3n) is 3.74. The van der Waals surface area contributed by atoms with Crippen LogP contribution in [-0.2, 0) is 6.18 Å². The first-order valence-electron chi connectivity index (χ1n) is 7.21. The number of rotatable bonds is 2. The number of hydrogen-bond donors (Lipinski definition) is 0. The zero-order chi connectivity index (χ0) is 17.3. The predicted molar refractivity (Wildman–Crippen MR) is 84.1 cm³/mol. The number of nitrogens with zero attached hydrogens (tertiary/aromatic N) is 1. The molecule has 2 aromatic carbocycles. The second-order valence-electron chi connectivity index (χ2n) is 5.35. The lowest BCUT2D eigenvalue weighted by Crippen LogP contribution is -2.30. The molecule has 1 heterocycles. The van der Waals surface area contributed by atoms with Gasteiger partial charge in [-0.1, -0.05) is 18.2 Å². The summed E-state index contributed by atoms with van der Waals surface area (Å²) in [6.07, 6.45) is -4.49. The molecular formula is C17H13F4NOS. The Balaban J connectivity index is 1.87. The van der Waals surface area contributed by atoms with Crippen LogP contribution in [0.5, 0.6) is 0 Å². The largest absolute Gasteiger partial charge is 0.416 e. The van der Waals surface area contributed by atoms with Crippen molar-refractivity contribution in [2.75, 3.05) is 12.3 Å². The van der Waals surface area contributed by atoms with Crippen LogP contribution in [0.2, 0.25) is 0 Å². The summed E-state index contributed by atoms with van der Waals surface area (Å²) >= 11 is 1.50. The summed E-state index contributed by atoms with van der Waals surface area (Å²) in [5, 5.41) is -0.326. The van der Waals surface area contributed by atoms with Crippen molar-refractivity contribution in [3.05, 3.63) is 71.0 Å². The van der Waals surface area contributed by atoms with Gasteiger partial charge in [0, 0.05) is 17.9 Å². The predicted octanol–water partition coefficient (Wildman–Crippen LogP) is 4.73. The molecule has 1 saturated heterocycles. The Morgan fingerprint density at radius 2 is 1.83 bits per heavy atom. The number of alkyl halides is 3. The monoisotopic (exact) mass is 355 g/mol. The Kier molecular flexibility index (Phi) is 4.54. The summed E-state index contributed by atoms with van der Waals surface area (Å²) in [7, 11) is 0. The highest BCUT2D eigenvalue weighted by Crippen LogP contribution is 2.39. The van der Waals surface area contributed by atoms with Crippen molar-refractivity contribution in [1.82, 2.24) is 4.90 Å². The van der Waals surface area contributed by atoms with Crippen LogP contribution in [0.4, 0.5) is 17.6 Å². The molecule has 1 aliphatic heterocycles. The Bertz CT molecular complexity index is 745. The van der Waals surface area contributed by atoms with Crippen LogP contribution < -0.4 is 0 Å². The molecule has 0 saturated carbocycles. The third kappa shape index (κ3) is 3.40. The summed E-state index contributed by atoms with van der Waals surface area (Å²) < 4.78 is 51.5. The molecule has 2 aromatic rings. The zero-order valence-corrected chi connectivity index (χ0v) is 13.2. The molecule has 1 fully saturated rings. The minimum atomic E-state index is -4.49. The normalized spacial score (nSPS) is 18.0. The van der Waals surface area contributed by atoms with Crippen LogP contribution in [0, 0.1) is 5.82 Å². The SMILES string of the molecule is O=C(c1cccc(C(F)(F)F)c1)N1CCS[C@H]1c1ccc(F)cc1. The van der Waals surface area contributed by atoms with Gasteiger partial charge < -0.3 is 4.90 Å². The maximum atomic E-state index is 13.1. The summed E-state index contributed by atoms with van der Waals surface area (Å²) in [5.41, 5.74) is -0.0998. The summed E-state index contributed by atoms with van der Waals surface area (Å²) in [4.78, 5) is 14.2. The Labute approximate surface area is 140 Å². The van der Waals surface area contributed by atoms with E-state index in [0.29, 0.717) is 12.3 Å². The van der Waals surface area contributed by atoms with Gasteiger partial charge in [-0.3, -0.25) is 4.79 Å². The first kappa shape index (κ1) is 16.8. The highest BCUT2D eigenvalue weighted by molar-refractivity contribution is 7.99. The van der Waals surface area contributed by atoms with Crippen molar-refractivity contribution in [1.29, 1.82) is 0 Å². The van der Waals surface area contributed by atoms with Crippen LogP contribution in [0.15, 0.2) is 48.5 Å². The quantitative estimate of drug-likeness (QED) is 0.726. The van der Waals surface area contributed by atoms with Crippen LogP contribution in [0.1, 0.15) is 26.9 Å². The molecule has 1 aliphatic rings. The molecule has 1 atom stereocenters. The van der Waals surface area contributed by atoms with Crippen molar-refractivity contribution in [3.63, 3.8) is 0 Å². The maximum Gasteiger partial charge on any atom is 0.416 e. The number of carbonyl (C=O) groups excluding carboxylic acids is 1. The van der Waals surface area contributed by atoms with Crippen LogP contribution in [-0.4, -0.2) is 23.1 Å². The smallest absolute Gasteiger partial charge is 0.322 e. The van der Waals surface area contributed by atoms with E-state index < -0.39 is 17.6 Å². The third-order valence-corrected chi connectivity index (χ3v) is 5.00. The number of benzene rings is 2. The van der Waals surface area contributed by atoms with Gasteiger partial charge >= 0.3 is 6.18 Å². The highest BCUT2D eigenvalue weighted by atomic mass is 32.2. The molecule has 0 aromatic heterocycles. The van der Waals surface area contributed by atoms with Crippen molar-refractivity contribution < 1.29 is 22.4 Å². The molecule has 7 heteroatoms. The van der Waals surface area contributed by atoms with Crippen molar-refractivity contribution in [2.45, 2.75) is 11.6 Å². The average Bonchev–Trinajstić information content (AvgIpc) is 3.04. The minimum absolute atomic E-state index is 0.000522. The van der Waals surface area contributed by atoms with E-state index in [9.17, 15) is 22.4 Å². The topological polar surface area (TPSA) is 20.3 Å². The number of thioether (sulfide) groups is 1. The van der Waals surface area contributed by atoms with Gasteiger partial charge in [-0.2, -0.15) is 13.2 Å². The molecule has 3 rings (SSSR count). The van der Waals surface area contributed by atoms with Gasteiger partial charge in [0.25, 0.3) is 5.91 Å². The number of hydrogen-bond acceptors (Lipinski definition) is 2. The van der Waals surface area contributed by atoms with E-state index in [1.807, 2.05) is 0 Å². The fourth-order valence-corrected chi connectivity index (χ4v) is 3.83. The fourth-order valence-electron chi connectivity index (χ4n) is 2.58. The first-order valence-corrected chi connectivity index (χ1v) is 8.26. The standard InChI is InChI=1S/C17H13F4NOS/c18-14-6-4-11(5-7-14)16-22(8-9-24-16)15(23)12-2-1-3-13(10-12)17(19,20)21/h1-7,10,16H,8-9H2/t16-/m0/s1. The summed E-state index contributed by atoms with van der Waals surface area (Å²) in [6, 6.07) is 10.2. The molecule has 0 unspecified atom stereocenters. The van der Waals surface area contributed by atoms with E-state index in [1.165, 1.54) is 40.9 Å². The molecule has 0 aliphatic carbocycles. The van der Waals surface area contributed by atoms with E-state index in [-0.39, 0.29) is 16.8 Å². The van der Waals surface area contributed by atoms with E-state index in [0.717, 1.165) is 17.7 Å². The lowest BCUT2D eigenvalue weighted by molar-refractivity contribution is -0.137. The summed E-state index contributed by atoms with van der Waals surface area (Å²) in [5.74, 6) is -0.162. The Hall–Kier alpha value is -2.02. The van der Waals surface area contributed by atoms with Crippen molar-refractivity contribution in [2.24, 2.45) is 0 Å². The molecular weight excluding hydrogens is 342 g/mol. The van der Waals surface area contributed by atoms with Gasteiger partial charge in [-0.25, -0.2) is 4.39 Å². The average molecular weight is 355 g/mol. The lowest BCUT2D eigenvalue weighted by Gasteiger charge is -2.24. The maximum absolute atomic E-state index is 13.1. The number of halogens is 4. The molecule has 1 amide bonds. The van der Waals surface area contributed by atoms with E-state index >= 15 is 0 Å². The number of amides is 1. The van der Waals surface area contributed by atoms with Gasteiger partial charge in [0.1, 0.15) is 11.2 Å². The van der Waals surface area contributed by atoms with Gasteiger partial charge in [-0.15, -0.1) is 11.8 Å². The summed E-state index contributed by atoms with van der Waals surface area (Å²) in [6.45, 7) is 0.432. The first-order chi connectivity index (χ1) is 11.4. The molecule has 0 N–H and O–H groups in total. The van der Waals surface area contributed by atoms with Gasteiger partial charge in [0.05, 0.1) is 5.56 Å². The molecule has 24 heavy (non-hydrogen) atoms. The van der Waals surface area contributed by atoms with Crippen molar-refractivity contribution >= 4 is 17.7 Å². The second-order valence-corrected chi connectivity index (χ2v) is 6.54. The van der Waals surface area contributed by atoms with Gasteiger partial charge in [0.2, 0.25) is 0 Å².